The van der Waals surface area contributed by atoms with E-state index in [1.54, 1.807) is 95.5 Å². The number of aromatic amines is 1. The average Bonchev–Trinajstić information content (AvgIpc) is 3.46. The van der Waals surface area contributed by atoms with Crippen molar-refractivity contribution in [3.8, 4) is 5.88 Å². The fourth-order valence-electron chi connectivity index (χ4n) is 4.85. The molecule has 13 nitrogen and oxygen atoms in total. The minimum atomic E-state index is -1.49. The van der Waals surface area contributed by atoms with Gasteiger partial charge in [-0.1, -0.05) is 24.3 Å². The van der Waals surface area contributed by atoms with Gasteiger partial charge in [0.2, 0.25) is 18.3 Å². The quantitative estimate of drug-likeness (QED) is 0.183. The lowest BCUT2D eigenvalue weighted by molar-refractivity contribution is -0.294. The van der Waals surface area contributed by atoms with Crippen molar-refractivity contribution in [2.24, 2.45) is 21.7 Å². The number of H-pyrrole nitrogens is 1. The molecule has 0 amide bonds. The van der Waals surface area contributed by atoms with Crippen molar-refractivity contribution in [3.63, 3.8) is 0 Å². The van der Waals surface area contributed by atoms with Gasteiger partial charge in [0.05, 0.1) is 32.6 Å². The van der Waals surface area contributed by atoms with Crippen molar-refractivity contribution in [2.45, 2.75) is 114 Å². The summed E-state index contributed by atoms with van der Waals surface area (Å²) in [7, 11) is 0. The Bertz CT molecular complexity index is 1810. The summed E-state index contributed by atoms with van der Waals surface area (Å²) in [5.41, 5.74) is -1.61. The monoisotopic (exact) mass is 735 g/mol. The van der Waals surface area contributed by atoms with E-state index >= 15 is 0 Å². The van der Waals surface area contributed by atoms with Crippen LogP contribution in [-0.2, 0) is 42.9 Å². The molecule has 1 fully saturated rings. The SMILES string of the molecule is CC(C)(C)C(=O)OC[C@H]1OC(Oc2n[nH]c3cccc(C=Cc4ccncc4)c23)[C@H](OC(=O)C(C)(C)C)[C@@H](OC(=O)C(C)(C)C)[C@@H]1OC(=O)C(C)(C)C. The predicted octanol–water partition coefficient (Wildman–Crippen LogP) is 6.70. The van der Waals surface area contributed by atoms with Crippen LogP contribution in [0.15, 0.2) is 42.7 Å². The zero-order chi connectivity index (χ0) is 39.5. The molecule has 288 valence electrons. The number of rotatable bonds is 9. The molecular formula is C40H53N3O10. The molecule has 0 saturated carbocycles. The predicted molar refractivity (Wildman–Crippen MR) is 197 cm³/mol. The number of hydrogen-bond donors (Lipinski definition) is 1. The van der Waals surface area contributed by atoms with Crippen molar-refractivity contribution in [1.29, 1.82) is 0 Å². The van der Waals surface area contributed by atoms with Crippen LogP contribution in [0.25, 0.3) is 23.1 Å². The highest BCUT2D eigenvalue weighted by molar-refractivity contribution is 5.94. The molecule has 1 N–H and O–H groups in total. The Morgan fingerprint density at radius 3 is 1.77 bits per heavy atom. The van der Waals surface area contributed by atoms with Gasteiger partial charge in [0.1, 0.15) is 12.7 Å². The number of fused-ring (bicyclic) bond motifs is 1. The van der Waals surface area contributed by atoms with Gasteiger partial charge in [-0.15, -0.1) is 5.10 Å². The third kappa shape index (κ3) is 10.4. The summed E-state index contributed by atoms with van der Waals surface area (Å²) in [6.07, 6.45) is 0.110. The van der Waals surface area contributed by atoms with Crippen LogP contribution >= 0.6 is 0 Å². The van der Waals surface area contributed by atoms with Crippen molar-refractivity contribution in [2.75, 3.05) is 6.61 Å². The summed E-state index contributed by atoms with van der Waals surface area (Å²) in [6.45, 7) is 19.6. The molecule has 0 bridgehead atoms. The number of hydrogen-bond acceptors (Lipinski definition) is 12. The summed E-state index contributed by atoms with van der Waals surface area (Å²) < 4.78 is 36.9. The molecule has 0 spiro atoms. The average molecular weight is 736 g/mol. The van der Waals surface area contributed by atoms with Gasteiger partial charge in [0.25, 0.3) is 0 Å². The van der Waals surface area contributed by atoms with Crippen LogP contribution in [0.4, 0.5) is 0 Å². The van der Waals surface area contributed by atoms with Gasteiger partial charge < -0.3 is 28.4 Å². The number of aromatic nitrogens is 3. The second kappa shape index (κ2) is 15.7. The number of ether oxygens (including phenoxy) is 6. The van der Waals surface area contributed by atoms with E-state index in [9.17, 15) is 19.2 Å². The molecule has 4 rings (SSSR count). The summed E-state index contributed by atoms with van der Waals surface area (Å²) >= 11 is 0. The van der Waals surface area contributed by atoms with Gasteiger partial charge in [-0.25, -0.2) is 0 Å². The Hall–Kier alpha value is -4.78. The topological polar surface area (TPSA) is 165 Å². The van der Waals surface area contributed by atoms with Crippen LogP contribution in [0.5, 0.6) is 5.88 Å². The fourth-order valence-corrected chi connectivity index (χ4v) is 4.85. The minimum Gasteiger partial charge on any atom is -0.462 e. The lowest BCUT2D eigenvalue weighted by atomic mass is 9.93. The molecule has 1 saturated heterocycles. The molecule has 0 radical (unpaired) electrons. The highest BCUT2D eigenvalue weighted by atomic mass is 16.7. The molecular weight excluding hydrogens is 682 g/mol. The first-order valence-electron chi connectivity index (χ1n) is 17.6. The molecule has 0 aliphatic carbocycles. The lowest BCUT2D eigenvalue weighted by Crippen LogP contribution is -2.65. The molecule has 1 aromatic carbocycles. The standard InChI is InChI=1S/C40H53N3O10/c1-37(2,3)33(44)48-22-26-28(50-34(45)38(4,5)6)29(51-35(46)39(7,8)9)30(52-36(47)40(10,11)12)32(49-26)53-31-27-24(14-13-15-25(27)42-43-31)17-16-23-18-20-41-21-19-23/h13-21,26,28-30,32H,22H2,1-12H3,(H,42,43)/t26-,28-,29+,30-,32?/m1/s1. The van der Waals surface area contributed by atoms with E-state index in [2.05, 4.69) is 15.2 Å². The van der Waals surface area contributed by atoms with Crippen LogP contribution in [-0.4, -0.2) is 76.4 Å². The van der Waals surface area contributed by atoms with Crippen molar-refractivity contribution >= 4 is 46.9 Å². The largest absolute Gasteiger partial charge is 0.462 e. The Labute approximate surface area is 311 Å². The van der Waals surface area contributed by atoms with E-state index < -0.39 is 82.8 Å². The van der Waals surface area contributed by atoms with Crippen LogP contribution in [0.1, 0.15) is 94.2 Å². The van der Waals surface area contributed by atoms with Crippen molar-refractivity contribution < 1.29 is 47.6 Å². The maximum Gasteiger partial charge on any atom is 0.311 e. The third-order valence-electron chi connectivity index (χ3n) is 8.13. The molecule has 1 aliphatic rings. The van der Waals surface area contributed by atoms with E-state index in [4.69, 9.17) is 28.4 Å². The Balaban J connectivity index is 1.87. The molecule has 3 aromatic rings. The first kappa shape index (κ1) is 41.0. The highest BCUT2D eigenvalue weighted by Gasteiger charge is 2.56. The second-order valence-corrected chi connectivity index (χ2v) is 17.3. The normalized spacial score (nSPS) is 21.2. The van der Waals surface area contributed by atoms with Crippen LogP contribution < -0.4 is 4.74 Å². The minimum absolute atomic E-state index is 0.0910. The zero-order valence-electron chi connectivity index (χ0n) is 32.8. The highest BCUT2D eigenvalue weighted by Crippen LogP contribution is 2.37. The van der Waals surface area contributed by atoms with Gasteiger partial charge >= 0.3 is 23.9 Å². The summed E-state index contributed by atoms with van der Waals surface area (Å²) in [5, 5.41) is 7.99. The smallest absolute Gasteiger partial charge is 0.311 e. The maximum atomic E-state index is 13.6. The van der Waals surface area contributed by atoms with Crippen molar-refractivity contribution in [1.82, 2.24) is 15.2 Å². The number of esters is 4. The first-order valence-corrected chi connectivity index (χ1v) is 17.6. The number of benzene rings is 1. The lowest BCUT2D eigenvalue weighted by Gasteiger charge is -2.45. The van der Waals surface area contributed by atoms with E-state index in [1.807, 2.05) is 42.5 Å². The molecule has 1 aliphatic heterocycles. The Morgan fingerprint density at radius 1 is 0.698 bits per heavy atom. The first-order chi connectivity index (χ1) is 24.5. The van der Waals surface area contributed by atoms with E-state index in [1.165, 1.54) is 0 Å². The number of nitrogens with one attached hydrogen (secondary N) is 1. The van der Waals surface area contributed by atoms with Gasteiger partial charge in [0, 0.05) is 12.4 Å². The van der Waals surface area contributed by atoms with Crippen LogP contribution in [0, 0.1) is 21.7 Å². The fraction of sp³-hybridized carbons (Fsp3) is 0.550. The van der Waals surface area contributed by atoms with Crippen LogP contribution in [0.3, 0.4) is 0 Å². The second-order valence-electron chi connectivity index (χ2n) is 17.3. The van der Waals surface area contributed by atoms with Gasteiger partial charge in [-0.3, -0.25) is 29.3 Å². The number of carbonyl (C=O) groups is 4. The Morgan fingerprint density at radius 2 is 1.23 bits per heavy atom. The van der Waals surface area contributed by atoms with Crippen molar-refractivity contribution in [3.05, 3.63) is 53.9 Å². The molecule has 5 atom stereocenters. The van der Waals surface area contributed by atoms with Gasteiger partial charge in [0.15, 0.2) is 12.2 Å². The van der Waals surface area contributed by atoms with Crippen LogP contribution in [0.2, 0.25) is 0 Å². The number of nitrogens with zero attached hydrogens (tertiary/aromatic N) is 2. The van der Waals surface area contributed by atoms with Gasteiger partial charge in [-0.05, 0) is 112 Å². The maximum absolute atomic E-state index is 13.6. The molecule has 1 unspecified atom stereocenters. The summed E-state index contributed by atoms with van der Waals surface area (Å²) in [5.74, 6) is -2.45. The number of pyridine rings is 1. The van der Waals surface area contributed by atoms with E-state index in [0.29, 0.717) is 10.9 Å². The van der Waals surface area contributed by atoms with E-state index in [-0.39, 0.29) is 5.88 Å². The molecule has 13 heteroatoms. The molecule has 3 heterocycles. The third-order valence-corrected chi connectivity index (χ3v) is 8.13. The van der Waals surface area contributed by atoms with E-state index in [0.717, 1.165) is 11.1 Å². The number of carbonyl (C=O) groups excluding carboxylic acids is 4. The van der Waals surface area contributed by atoms with Gasteiger partial charge in [-0.2, -0.15) is 0 Å². The molecule has 2 aromatic heterocycles. The summed E-state index contributed by atoms with van der Waals surface area (Å²) in [6, 6.07) is 9.29. The Kier molecular flexibility index (Phi) is 12.1. The molecule has 53 heavy (non-hydrogen) atoms. The summed E-state index contributed by atoms with van der Waals surface area (Å²) in [4.78, 5) is 57.8. The zero-order valence-corrected chi connectivity index (χ0v) is 32.8.